The molecule has 0 radical (unpaired) electrons. The molecule has 0 amide bonds. The first-order chi connectivity index (χ1) is 20.5. The van der Waals surface area contributed by atoms with Gasteiger partial charge in [-0.15, -0.1) is 6.42 Å². The number of ether oxygens (including phenoxy) is 4. The van der Waals surface area contributed by atoms with Crippen molar-refractivity contribution in [1.82, 2.24) is 4.57 Å². The monoisotopic (exact) mass is 669 g/mol. The Kier molecular flexibility index (Phi) is 9.73. The van der Waals surface area contributed by atoms with Crippen LogP contribution in [0.1, 0.15) is 44.9 Å². The Morgan fingerprint density at radius 2 is 2.05 bits per heavy atom. The third-order valence-corrected chi connectivity index (χ3v) is 7.80. The van der Waals surface area contributed by atoms with Crippen LogP contribution in [0.25, 0.3) is 6.08 Å². The van der Waals surface area contributed by atoms with E-state index < -0.39 is 22.5 Å². The molecule has 0 saturated carbocycles. The number of hydrogen-bond donors (Lipinski definition) is 0. The predicted molar refractivity (Wildman–Crippen MR) is 164 cm³/mol. The van der Waals surface area contributed by atoms with Crippen molar-refractivity contribution in [2.75, 3.05) is 20.3 Å². The van der Waals surface area contributed by atoms with Gasteiger partial charge in [-0.05, 0) is 79.0 Å². The Balaban J connectivity index is 1.94. The van der Waals surface area contributed by atoms with E-state index in [-0.39, 0.29) is 40.9 Å². The second kappa shape index (κ2) is 13.3. The Morgan fingerprint density at radius 3 is 2.67 bits per heavy atom. The molecule has 0 bridgehead atoms. The van der Waals surface area contributed by atoms with E-state index >= 15 is 0 Å². The second-order valence-corrected chi connectivity index (χ2v) is 11.3. The molecule has 2 heterocycles. The topological polar surface area (TPSA) is 131 Å². The summed E-state index contributed by atoms with van der Waals surface area (Å²) in [5.41, 5.74) is 0.770. The molecule has 1 aliphatic heterocycles. The second-order valence-electron chi connectivity index (χ2n) is 9.48. The fraction of sp³-hybridized carbons (Fsp3) is 0.300. The first-order valence-corrected chi connectivity index (χ1v) is 14.7. The zero-order valence-electron chi connectivity index (χ0n) is 24.0. The molecule has 0 fully saturated rings. The van der Waals surface area contributed by atoms with Crippen LogP contribution in [-0.4, -0.2) is 41.9 Å². The summed E-state index contributed by atoms with van der Waals surface area (Å²) in [5.74, 6) is 2.59. The highest BCUT2D eigenvalue weighted by Crippen LogP contribution is 2.38. The summed E-state index contributed by atoms with van der Waals surface area (Å²) in [6, 6.07) is 7.19. The summed E-state index contributed by atoms with van der Waals surface area (Å²) in [7, 11) is 1.51. The molecule has 0 unspecified atom stereocenters. The standard InChI is InChI=1S/C30H28BrN3O8S/c1-7-11-41-27-20(31)12-18(13-21(27)34(37)38)14-24-28(35)33-26(19-9-10-22(42-16(3)4)23(15-19)39-6)25(29(36)40-8-2)17(5)32-30(33)43-24/h1,9-10,12-16,26H,8,11H2,2-6H3/b24-14+/t26-/m0/s1. The van der Waals surface area contributed by atoms with Crippen molar-refractivity contribution in [3.8, 4) is 29.6 Å². The zero-order valence-corrected chi connectivity index (χ0v) is 26.4. The molecule has 0 aliphatic carbocycles. The number of nitro benzene ring substituents is 1. The first kappa shape index (κ1) is 31.5. The molecule has 0 N–H and O–H groups in total. The maximum Gasteiger partial charge on any atom is 0.338 e. The number of hydrogen-bond acceptors (Lipinski definition) is 10. The third-order valence-electron chi connectivity index (χ3n) is 6.22. The highest BCUT2D eigenvalue weighted by Gasteiger charge is 2.34. The van der Waals surface area contributed by atoms with Crippen molar-refractivity contribution in [3.05, 3.63) is 87.0 Å². The molecular formula is C30H28BrN3O8S. The molecule has 4 rings (SSSR count). The number of esters is 1. The number of carbonyl (C=O) groups excluding carboxylic acids is 1. The number of rotatable bonds is 10. The van der Waals surface area contributed by atoms with Gasteiger partial charge in [0.1, 0.15) is 6.61 Å². The lowest BCUT2D eigenvalue weighted by Gasteiger charge is -2.25. The van der Waals surface area contributed by atoms with Crippen LogP contribution in [0.3, 0.4) is 0 Å². The molecule has 2 aromatic carbocycles. The summed E-state index contributed by atoms with van der Waals surface area (Å²) in [4.78, 5) is 43.3. The molecule has 0 spiro atoms. The number of benzene rings is 2. The van der Waals surface area contributed by atoms with Gasteiger partial charge in [-0.3, -0.25) is 19.5 Å². The maximum absolute atomic E-state index is 14.0. The molecule has 1 aliphatic rings. The number of carbonyl (C=O) groups is 1. The Bertz CT molecular complexity index is 1850. The van der Waals surface area contributed by atoms with Crippen LogP contribution in [0, 0.1) is 22.5 Å². The van der Waals surface area contributed by atoms with Crippen LogP contribution in [0.15, 0.2) is 55.9 Å². The minimum absolute atomic E-state index is 0.0184. The van der Waals surface area contributed by atoms with Gasteiger partial charge in [0.2, 0.25) is 5.75 Å². The van der Waals surface area contributed by atoms with Crippen molar-refractivity contribution in [3.63, 3.8) is 0 Å². The predicted octanol–water partition coefficient (Wildman–Crippen LogP) is 4.28. The van der Waals surface area contributed by atoms with Crippen LogP contribution in [-0.2, 0) is 9.53 Å². The van der Waals surface area contributed by atoms with Gasteiger partial charge in [0.05, 0.1) is 51.1 Å². The average Bonchev–Trinajstić information content (AvgIpc) is 3.25. The van der Waals surface area contributed by atoms with E-state index in [4.69, 9.17) is 25.4 Å². The van der Waals surface area contributed by atoms with Gasteiger partial charge >= 0.3 is 11.7 Å². The molecule has 224 valence electrons. The van der Waals surface area contributed by atoms with Crippen molar-refractivity contribution in [2.24, 2.45) is 4.99 Å². The summed E-state index contributed by atoms with van der Waals surface area (Å²) in [6.07, 6.45) is 6.66. The zero-order chi connectivity index (χ0) is 31.4. The number of fused-ring (bicyclic) bond motifs is 1. The van der Waals surface area contributed by atoms with Gasteiger partial charge in [0.15, 0.2) is 16.3 Å². The Morgan fingerprint density at radius 1 is 1.30 bits per heavy atom. The van der Waals surface area contributed by atoms with Gasteiger partial charge < -0.3 is 18.9 Å². The van der Waals surface area contributed by atoms with Gasteiger partial charge in [-0.25, -0.2) is 9.79 Å². The van der Waals surface area contributed by atoms with Crippen LogP contribution < -0.4 is 29.1 Å². The van der Waals surface area contributed by atoms with Crippen molar-refractivity contribution in [1.29, 1.82) is 0 Å². The van der Waals surface area contributed by atoms with Crippen molar-refractivity contribution < 1.29 is 28.7 Å². The number of terminal acetylenes is 1. The van der Waals surface area contributed by atoms with E-state index in [2.05, 4.69) is 26.8 Å². The average molecular weight is 671 g/mol. The molecular weight excluding hydrogens is 642 g/mol. The van der Waals surface area contributed by atoms with Crippen molar-refractivity contribution in [2.45, 2.75) is 39.8 Å². The van der Waals surface area contributed by atoms with Gasteiger partial charge in [0.25, 0.3) is 5.56 Å². The number of halogens is 1. The van der Waals surface area contributed by atoms with Crippen LogP contribution >= 0.6 is 27.3 Å². The van der Waals surface area contributed by atoms with E-state index in [1.54, 1.807) is 38.1 Å². The summed E-state index contributed by atoms with van der Waals surface area (Å²) in [6.45, 7) is 7.13. The number of allylic oxidation sites excluding steroid dienone is 1. The van der Waals surface area contributed by atoms with Crippen LogP contribution in [0.2, 0.25) is 0 Å². The van der Waals surface area contributed by atoms with E-state index in [0.717, 1.165) is 11.3 Å². The highest BCUT2D eigenvalue weighted by molar-refractivity contribution is 9.10. The normalized spacial score (nSPS) is 14.6. The lowest BCUT2D eigenvalue weighted by atomic mass is 9.95. The third kappa shape index (κ3) is 6.50. The van der Waals surface area contributed by atoms with E-state index in [9.17, 15) is 19.7 Å². The molecule has 13 heteroatoms. The molecule has 1 atom stereocenters. The fourth-order valence-corrected chi connectivity index (χ4v) is 6.17. The lowest BCUT2D eigenvalue weighted by molar-refractivity contribution is -0.385. The van der Waals surface area contributed by atoms with Crippen molar-refractivity contribution >= 4 is 45.0 Å². The minimum Gasteiger partial charge on any atom is -0.493 e. The summed E-state index contributed by atoms with van der Waals surface area (Å²) < 4.78 is 24.1. The quantitative estimate of drug-likeness (QED) is 0.135. The molecule has 11 nitrogen and oxygen atoms in total. The SMILES string of the molecule is C#CCOc1c(Br)cc(/C=c2/sc3n(c2=O)[C@@H](c2ccc(OC(C)C)c(OC)c2)C(C(=O)OCC)=C(C)N=3)cc1[N+](=O)[O-]. The molecule has 0 saturated heterocycles. The van der Waals surface area contributed by atoms with E-state index in [0.29, 0.717) is 37.6 Å². The van der Waals surface area contributed by atoms with E-state index in [1.165, 1.54) is 23.8 Å². The molecule has 3 aromatic rings. The van der Waals surface area contributed by atoms with Gasteiger partial charge in [0, 0.05) is 6.07 Å². The molecule has 1 aromatic heterocycles. The smallest absolute Gasteiger partial charge is 0.338 e. The summed E-state index contributed by atoms with van der Waals surface area (Å²) in [5, 5.41) is 11.8. The van der Waals surface area contributed by atoms with Crippen LogP contribution in [0.4, 0.5) is 5.69 Å². The first-order valence-electron chi connectivity index (χ1n) is 13.1. The van der Waals surface area contributed by atoms with Gasteiger partial charge in [-0.2, -0.15) is 0 Å². The minimum atomic E-state index is -0.889. The van der Waals surface area contributed by atoms with Gasteiger partial charge in [-0.1, -0.05) is 23.3 Å². The number of nitro groups is 1. The number of methoxy groups -OCH3 is 1. The Hall–Kier alpha value is -4.41. The number of nitrogens with zero attached hydrogens (tertiary/aromatic N) is 3. The fourth-order valence-electron chi connectivity index (χ4n) is 4.54. The summed E-state index contributed by atoms with van der Waals surface area (Å²) >= 11 is 4.40. The largest absolute Gasteiger partial charge is 0.493 e. The van der Waals surface area contributed by atoms with Crippen LogP contribution in [0.5, 0.6) is 17.2 Å². The maximum atomic E-state index is 14.0. The van der Waals surface area contributed by atoms with E-state index in [1.807, 2.05) is 13.8 Å². The molecule has 43 heavy (non-hydrogen) atoms. The Labute approximate surface area is 259 Å². The number of thiazole rings is 1. The highest BCUT2D eigenvalue weighted by atomic mass is 79.9. The lowest BCUT2D eigenvalue weighted by Crippen LogP contribution is -2.40. The number of aromatic nitrogens is 1.